The summed E-state index contributed by atoms with van der Waals surface area (Å²) in [6.45, 7) is 1.22. The van der Waals surface area contributed by atoms with Crippen molar-refractivity contribution in [2.45, 2.75) is 13.0 Å². The molecular formula is C17H18F2N2O3S. The highest BCUT2D eigenvalue weighted by atomic mass is 32.2. The van der Waals surface area contributed by atoms with E-state index in [0.29, 0.717) is 0 Å². The number of carbonyl (C=O) groups excluding carboxylic acids is 1. The van der Waals surface area contributed by atoms with Crippen molar-refractivity contribution in [1.29, 1.82) is 0 Å². The number of amides is 1. The number of halogens is 2. The Balaban J connectivity index is 2.17. The van der Waals surface area contributed by atoms with Gasteiger partial charge in [-0.3, -0.25) is 4.79 Å². The first-order chi connectivity index (χ1) is 11.7. The smallest absolute Gasteiger partial charge is 0.239 e. The summed E-state index contributed by atoms with van der Waals surface area (Å²) in [5.74, 6) is -2.79. The fraction of sp³-hybridized carbons (Fsp3) is 0.235. The van der Waals surface area contributed by atoms with Crippen LogP contribution in [-0.4, -0.2) is 31.4 Å². The highest BCUT2D eigenvalue weighted by molar-refractivity contribution is 7.88. The van der Waals surface area contributed by atoms with Gasteiger partial charge >= 0.3 is 0 Å². The molecule has 5 nitrogen and oxygen atoms in total. The molecule has 0 spiro atoms. The van der Waals surface area contributed by atoms with Crippen LogP contribution >= 0.6 is 0 Å². The zero-order valence-corrected chi connectivity index (χ0v) is 14.6. The van der Waals surface area contributed by atoms with Crippen LogP contribution in [0.2, 0.25) is 0 Å². The van der Waals surface area contributed by atoms with Crippen molar-refractivity contribution in [3.8, 4) is 0 Å². The van der Waals surface area contributed by atoms with E-state index in [1.54, 1.807) is 37.3 Å². The van der Waals surface area contributed by atoms with Gasteiger partial charge in [0, 0.05) is 17.8 Å². The predicted octanol–water partition coefficient (Wildman–Crippen LogP) is 2.93. The summed E-state index contributed by atoms with van der Waals surface area (Å²) in [5, 5.41) is 2.37. The lowest BCUT2D eigenvalue weighted by atomic mass is 10.1. The molecule has 0 aromatic heterocycles. The molecule has 25 heavy (non-hydrogen) atoms. The summed E-state index contributed by atoms with van der Waals surface area (Å²) in [4.78, 5) is 12.2. The Morgan fingerprint density at radius 3 is 2.32 bits per heavy atom. The molecule has 0 saturated heterocycles. The predicted molar refractivity (Wildman–Crippen MR) is 91.4 cm³/mol. The second kappa shape index (κ2) is 7.71. The lowest BCUT2D eigenvalue weighted by Crippen LogP contribution is -2.39. The van der Waals surface area contributed by atoms with E-state index in [-0.39, 0.29) is 5.69 Å². The normalized spacial score (nSPS) is 12.8. The number of carbonyl (C=O) groups is 1. The van der Waals surface area contributed by atoms with Crippen LogP contribution in [0.4, 0.5) is 14.5 Å². The SMILES string of the molecule is CC(c1ccccc1)N(CC(=O)Nc1ccc(F)c(F)c1)S(C)(=O)=O. The molecule has 8 heteroatoms. The van der Waals surface area contributed by atoms with Gasteiger partial charge in [0.15, 0.2) is 11.6 Å². The molecule has 0 aliphatic heterocycles. The molecule has 0 radical (unpaired) electrons. The van der Waals surface area contributed by atoms with Crippen molar-refractivity contribution < 1.29 is 22.0 Å². The van der Waals surface area contributed by atoms with Gasteiger partial charge in [-0.1, -0.05) is 30.3 Å². The Bertz CT molecular complexity index is 857. The quantitative estimate of drug-likeness (QED) is 0.853. The zero-order chi connectivity index (χ0) is 18.6. The van der Waals surface area contributed by atoms with Crippen molar-refractivity contribution in [2.75, 3.05) is 18.1 Å². The minimum absolute atomic E-state index is 0.0460. The summed E-state index contributed by atoms with van der Waals surface area (Å²) in [7, 11) is -3.68. The molecule has 2 aromatic rings. The van der Waals surface area contributed by atoms with E-state index in [2.05, 4.69) is 5.32 Å². The van der Waals surface area contributed by atoms with E-state index in [0.717, 1.165) is 28.3 Å². The second-order valence-corrected chi connectivity index (χ2v) is 7.51. The number of benzene rings is 2. The number of nitrogens with one attached hydrogen (secondary N) is 1. The third-order valence-electron chi connectivity index (χ3n) is 3.64. The third kappa shape index (κ3) is 5.07. The van der Waals surface area contributed by atoms with Crippen molar-refractivity contribution in [1.82, 2.24) is 4.31 Å². The molecular weight excluding hydrogens is 350 g/mol. The average Bonchev–Trinajstić information content (AvgIpc) is 2.55. The van der Waals surface area contributed by atoms with Crippen LogP contribution in [0.3, 0.4) is 0 Å². The number of rotatable bonds is 6. The van der Waals surface area contributed by atoms with Crippen LogP contribution in [0.5, 0.6) is 0 Å². The van der Waals surface area contributed by atoms with Gasteiger partial charge in [-0.05, 0) is 24.6 Å². The van der Waals surface area contributed by atoms with Crippen molar-refractivity contribution in [3.63, 3.8) is 0 Å². The van der Waals surface area contributed by atoms with E-state index in [1.165, 1.54) is 6.07 Å². The maximum Gasteiger partial charge on any atom is 0.239 e. The fourth-order valence-corrected chi connectivity index (χ4v) is 3.40. The van der Waals surface area contributed by atoms with Crippen molar-refractivity contribution >= 4 is 21.6 Å². The topological polar surface area (TPSA) is 66.5 Å². The summed E-state index contributed by atoms with van der Waals surface area (Å²) in [6, 6.07) is 11.2. The summed E-state index contributed by atoms with van der Waals surface area (Å²) >= 11 is 0. The maximum absolute atomic E-state index is 13.2. The van der Waals surface area contributed by atoms with Gasteiger partial charge in [-0.25, -0.2) is 17.2 Å². The first-order valence-corrected chi connectivity index (χ1v) is 9.30. The molecule has 2 rings (SSSR count). The minimum Gasteiger partial charge on any atom is -0.325 e. The van der Waals surface area contributed by atoms with E-state index < -0.39 is 40.2 Å². The Morgan fingerprint density at radius 1 is 1.12 bits per heavy atom. The minimum atomic E-state index is -3.68. The summed E-state index contributed by atoms with van der Waals surface area (Å²) in [5.41, 5.74) is 0.776. The molecule has 1 N–H and O–H groups in total. The van der Waals surface area contributed by atoms with Crippen LogP contribution in [0.1, 0.15) is 18.5 Å². The lowest BCUT2D eigenvalue weighted by molar-refractivity contribution is -0.116. The molecule has 0 bridgehead atoms. The molecule has 0 heterocycles. The number of hydrogen-bond acceptors (Lipinski definition) is 3. The molecule has 1 atom stereocenters. The molecule has 134 valence electrons. The van der Waals surface area contributed by atoms with E-state index in [1.807, 2.05) is 0 Å². The van der Waals surface area contributed by atoms with E-state index in [4.69, 9.17) is 0 Å². The van der Waals surface area contributed by atoms with Gasteiger partial charge in [-0.15, -0.1) is 0 Å². The van der Waals surface area contributed by atoms with Crippen LogP contribution in [0, 0.1) is 11.6 Å². The molecule has 0 aliphatic carbocycles. The summed E-state index contributed by atoms with van der Waals surface area (Å²) < 4.78 is 51.3. The van der Waals surface area contributed by atoms with Gasteiger partial charge in [0.25, 0.3) is 0 Å². The number of nitrogens with zero attached hydrogens (tertiary/aromatic N) is 1. The van der Waals surface area contributed by atoms with Gasteiger partial charge in [-0.2, -0.15) is 4.31 Å². The van der Waals surface area contributed by atoms with E-state index >= 15 is 0 Å². The molecule has 1 unspecified atom stereocenters. The Morgan fingerprint density at radius 2 is 1.76 bits per heavy atom. The average molecular weight is 368 g/mol. The molecule has 0 saturated carbocycles. The largest absolute Gasteiger partial charge is 0.325 e. The standard InChI is InChI=1S/C17H18F2N2O3S/c1-12(13-6-4-3-5-7-13)21(25(2,23)24)11-17(22)20-14-8-9-15(18)16(19)10-14/h3-10,12H,11H2,1-2H3,(H,20,22). The van der Waals surface area contributed by atoms with Crippen molar-refractivity contribution in [2.24, 2.45) is 0 Å². The maximum atomic E-state index is 13.2. The number of sulfonamides is 1. The van der Waals surface area contributed by atoms with Crippen LogP contribution in [0.15, 0.2) is 48.5 Å². The highest BCUT2D eigenvalue weighted by Crippen LogP contribution is 2.22. The van der Waals surface area contributed by atoms with Gasteiger partial charge in [0.2, 0.25) is 15.9 Å². The van der Waals surface area contributed by atoms with Crippen LogP contribution in [-0.2, 0) is 14.8 Å². The van der Waals surface area contributed by atoms with Gasteiger partial charge < -0.3 is 5.32 Å². The van der Waals surface area contributed by atoms with Crippen LogP contribution < -0.4 is 5.32 Å². The molecule has 0 aliphatic rings. The van der Waals surface area contributed by atoms with Crippen molar-refractivity contribution in [3.05, 3.63) is 65.7 Å². The molecule has 0 fully saturated rings. The monoisotopic (exact) mass is 368 g/mol. The van der Waals surface area contributed by atoms with Crippen LogP contribution in [0.25, 0.3) is 0 Å². The van der Waals surface area contributed by atoms with Gasteiger partial charge in [0.1, 0.15) is 0 Å². The van der Waals surface area contributed by atoms with E-state index in [9.17, 15) is 22.0 Å². The second-order valence-electron chi connectivity index (χ2n) is 5.57. The van der Waals surface area contributed by atoms with Gasteiger partial charge in [0.05, 0.1) is 12.8 Å². The Hall–Kier alpha value is -2.32. The highest BCUT2D eigenvalue weighted by Gasteiger charge is 2.27. The fourth-order valence-electron chi connectivity index (χ4n) is 2.36. The molecule has 1 amide bonds. The first-order valence-electron chi connectivity index (χ1n) is 7.45. The lowest BCUT2D eigenvalue weighted by Gasteiger charge is -2.26. The number of anilines is 1. The third-order valence-corrected chi connectivity index (χ3v) is 4.94. The molecule has 2 aromatic carbocycles. The number of hydrogen-bond donors (Lipinski definition) is 1. The first kappa shape index (κ1) is 19.0. The summed E-state index contributed by atoms with van der Waals surface area (Å²) in [6.07, 6.45) is 1.01. The Kier molecular flexibility index (Phi) is 5.86. The Labute approximate surface area is 145 Å². The zero-order valence-electron chi connectivity index (χ0n) is 13.7.